The maximum Gasteiger partial charge on any atom is 0.337 e. The van der Waals surface area contributed by atoms with Crippen molar-refractivity contribution in [2.24, 2.45) is 5.41 Å². The van der Waals surface area contributed by atoms with Gasteiger partial charge in [-0.05, 0) is 6.92 Å². The van der Waals surface area contributed by atoms with Gasteiger partial charge in [-0.2, -0.15) is 0 Å². The van der Waals surface area contributed by atoms with Gasteiger partial charge in [-0.15, -0.1) is 0 Å². The van der Waals surface area contributed by atoms with Crippen LogP contribution in [0.15, 0.2) is 23.5 Å². The number of hydrogen-bond acceptors (Lipinski definition) is 5. The van der Waals surface area contributed by atoms with Gasteiger partial charge in [0.25, 0.3) is 0 Å². The number of allylic oxidation sites excluding steroid dienone is 1. The van der Waals surface area contributed by atoms with E-state index in [0.717, 1.165) is 6.26 Å². The van der Waals surface area contributed by atoms with E-state index in [1.807, 2.05) is 0 Å². The lowest BCUT2D eigenvalue weighted by Crippen LogP contribution is -2.39. The Kier molecular flexibility index (Phi) is 4.13. The summed E-state index contributed by atoms with van der Waals surface area (Å²) in [5.41, 5.74) is -0.746. The minimum absolute atomic E-state index is 0.0748. The number of carboxylic acids is 1. The molecule has 0 spiro atoms. The third kappa shape index (κ3) is 2.38. The molecule has 1 rings (SSSR count). The Morgan fingerprint density at radius 2 is 2.22 bits per heavy atom. The molecule has 0 aliphatic carbocycles. The minimum Gasteiger partial charge on any atom is -0.481 e. The van der Waals surface area contributed by atoms with Crippen LogP contribution in [0.5, 0.6) is 0 Å². The highest BCUT2D eigenvalue weighted by molar-refractivity contribution is 5.92. The van der Waals surface area contributed by atoms with Crippen LogP contribution in [-0.4, -0.2) is 35.6 Å². The van der Waals surface area contributed by atoms with Crippen molar-refractivity contribution in [3.05, 3.63) is 23.5 Å². The van der Waals surface area contributed by atoms with Crippen molar-refractivity contribution >= 4 is 11.9 Å². The molecule has 100 valence electrons. The lowest BCUT2D eigenvalue weighted by atomic mass is 9.71. The molecule has 0 aromatic heterocycles. The molecule has 0 fully saturated rings. The van der Waals surface area contributed by atoms with Crippen molar-refractivity contribution in [1.82, 2.24) is 0 Å². The molecule has 1 aliphatic heterocycles. The van der Waals surface area contributed by atoms with Gasteiger partial charge < -0.3 is 19.7 Å². The average Bonchev–Trinajstić information content (AvgIpc) is 2.27. The molecule has 1 heterocycles. The largest absolute Gasteiger partial charge is 0.481 e. The Morgan fingerprint density at radius 3 is 2.67 bits per heavy atom. The number of carbonyl (C=O) groups is 2. The average molecular weight is 256 g/mol. The lowest BCUT2D eigenvalue weighted by molar-refractivity contribution is -0.142. The van der Waals surface area contributed by atoms with Crippen LogP contribution in [0.2, 0.25) is 0 Å². The molecule has 0 aromatic rings. The van der Waals surface area contributed by atoms with E-state index >= 15 is 0 Å². The fourth-order valence-corrected chi connectivity index (χ4v) is 2.11. The fourth-order valence-electron chi connectivity index (χ4n) is 2.11. The van der Waals surface area contributed by atoms with Crippen LogP contribution < -0.4 is 0 Å². The monoisotopic (exact) mass is 256 g/mol. The van der Waals surface area contributed by atoms with Gasteiger partial charge in [0.1, 0.15) is 0 Å². The number of aliphatic hydroxyl groups excluding tert-OH is 1. The third-order valence-electron chi connectivity index (χ3n) is 3.03. The van der Waals surface area contributed by atoms with E-state index in [1.54, 1.807) is 19.9 Å². The summed E-state index contributed by atoms with van der Waals surface area (Å²) in [5, 5.41) is 18.7. The van der Waals surface area contributed by atoms with Crippen molar-refractivity contribution < 1.29 is 29.3 Å². The first-order valence-corrected chi connectivity index (χ1v) is 5.37. The Labute approximate surface area is 105 Å². The van der Waals surface area contributed by atoms with Gasteiger partial charge in [0, 0.05) is 11.0 Å². The molecule has 2 atom stereocenters. The summed E-state index contributed by atoms with van der Waals surface area (Å²) in [6, 6.07) is 0. The van der Waals surface area contributed by atoms with Gasteiger partial charge in [-0.3, -0.25) is 4.79 Å². The van der Waals surface area contributed by atoms with Crippen molar-refractivity contribution in [1.29, 1.82) is 0 Å². The van der Waals surface area contributed by atoms with Crippen LogP contribution >= 0.6 is 0 Å². The summed E-state index contributed by atoms with van der Waals surface area (Å²) < 4.78 is 9.53. The van der Waals surface area contributed by atoms with Crippen LogP contribution in [0, 0.1) is 5.41 Å². The second-order valence-electron chi connectivity index (χ2n) is 4.16. The van der Waals surface area contributed by atoms with Crippen molar-refractivity contribution in [3.63, 3.8) is 0 Å². The number of aliphatic hydroxyl groups is 1. The van der Waals surface area contributed by atoms with Crippen LogP contribution in [0.4, 0.5) is 0 Å². The Morgan fingerprint density at radius 1 is 1.61 bits per heavy atom. The van der Waals surface area contributed by atoms with Gasteiger partial charge in [0.2, 0.25) is 6.29 Å². The standard InChI is InChI=1S/C12H16O6/c1-4-7-11(16)18-6-8(10(15)17-3)12(7,2)5-9(13)14/h4,6,11,16H,5H2,1-3H3,(H,13,14)/b7-4-/t11-,12+/m1/s1. The van der Waals surface area contributed by atoms with Gasteiger partial charge in [0.05, 0.1) is 25.4 Å². The smallest absolute Gasteiger partial charge is 0.337 e. The van der Waals surface area contributed by atoms with Crippen LogP contribution in [0.3, 0.4) is 0 Å². The normalized spacial score (nSPS) is 29.4. The first kappa shape index (κ1) is 14.2. The van der Waals surface area contributed by atoms with Crippen molar-refractivity contribution in [2.45, 2.75) is 26.6 Å². The lowest BCUT2D eigenvalue weighted by Gasteiger charge is -2.37. The Hall–Kier alpha value is -1.82. The van der Waals surface area contributed by atoms with E-state index in [0.29, 0.717) is 5.57 Å². The van der Waals surface area contributed by atoms with Gasteiger partial charge in [0.15, 0.2) is 0 Å². The summed E-state index contributed by atoms with van der Waals surface area (Å²) in [5.74, 6) is -1.76. The molecule has 0 amide bonds. The number of carbonyl (C=O) groups excluding carboxylic acids is 1. The van der Waals surface area contributed by atoms with Crippen LogP contribution in [0.25, 0.3) is 0 Å². The number of aliphatic carboxylic acids is 1. The molecule has 0 saturated heterocycles. The fraction of sp³-hybridized carbons (Fsp3) is 0.500. The summed E-state index contributed by atoms with van der Waals surface area (Å²) in [4.78, 5) is 22.6. The van der Waals surface area contributed by atoms with Crippen LogP contribution in [0.1, 0.15) is 20.3 Å². The second-order valence-corrected chi connectivity index (χ2v) is 4.16. The second kappa shape index (κ2) is 5.22. The van der Waals surface area contributed by atoms with E-state index in [9.17, 15) is 14.7 Å². The maximum atomic E-state index is 11.7. The molecule has 6 heteroatoms. The Bertz CT molecular complexity index is 422. The first-order chi connectivity index (χ1) is 8.36. The first-order valence-electron chi connectivity index (χ1n) is 5.37. The topological polar surface area (TPSA) is 93.1 Å². The van der Waals surface area contributed by atoms with E-state index in [1.165, 1.54) is 7.11 Å². The number of carboxylic acid groups (broad SMARTS) is 1. The predicted molar refractivity (Wildman–Crippen MR) is 61.3 cm³/mol. The molecular weight excluding hydrogens is 240 g/mol. The van der Waals surface area contributed by atoms with Gasteiger partial charge in [-0.1, -0.05) is 13.0 Å². The zero-order valence-corrected chi connectivity index (χ0v) is 10.5. The van der Waals surface area contributed by atoms with Crippen LogP contribution in [-0.2, 0) is 19.1 Å². The summed E-state index contributed by atoms with van der Waals surface area (Å²) in [6.07, 6.45) is 1.01. The molecular formula is C12H16O6. The summed E-state index contributed by atoms with van der Waals surface area (Å²) in [6.45, 7) is 3.20. The molecule has 2 N–H and O–H groups in total. The molecule has 0 aromatic carbocycles. The number of ether oxygens (including phenoxy) is 2. The SMILES string of the molecule is C/C=C1/[C@H](O)OC=C(C(=O)OC)[C@@]1(C)CC(=O)O. The third-order valence-corrected chi connectivity index (χ3v) is 3.03. The number of hydrogen-bond donors (Lipinski definition) is 2. The highest BCUT2D eigenvalue weighted by Crippen LogP contribution is 2.44. The molecule has 0 radical (unpaired) electrons. The maximum absolute atomic E-state index is 11.7. The number of rotatable bonds is 3. The summed E-state index contributed by atoms with van der Waals surface area (Å²) in [7, 11) is 1.20. The predicted octanol–water partition coefficient (Wildman–Crippen LogP) is 0.819. The van der Waals surface area contributed by atoms with Crippen molar-refractivity contribution in [2.75, 3.05) is 7.11 Å². The molecule has 6 nitrogen and oxygen atoms in total. The zero-order chi connectivity index (χ0) is 13.9. The molecule has 0 bridgehead atoms. The molecule has 0 unspecified atom stereocenters. The number of esters is 1. The van der Waals surface area contributed by atoms with E-state index < -0.39 is 23.6 Å². The zero-order valence-electron chi connectivity index (χ0n) is 10.5. The van der Waals surface area contributed by atoms with Gasteiger partial charge in [-0.25, -0.2) is 4.79 Å². The van der Waals surface area contributed by atoms with Gasteiger partial charge >= 0.3 is 11.9 Å². The summed E-state index contributed by atoms with van der Waals surface area (Å²) >= 11 is 0. The number of methoxy groups -OCH3 is 1. The molecule has 1 aliphatic rings. The minimum atomic E-state index is -1.26. The van der Waals surface area contributed by atoms with E-state index in [4.69, 9.17) is 9.84 Å². The van der Waals surface area contributed by atoms with E-state index in [-0.39, 0.29) is 12.0 Å². The van der Waals surface area contributed by atoms with E-state index in [2.05, 4.69) is 4.74 Å². The molecule has 0 saturated carbocycles. The highest BCUT2D eigenvalue weighted by atomic mass is 16.6. The van der Waals surface area contributed by atoms with Crippen molar-refractivity contribution in [3.8, 4) is 0 Å². The highest BCUT2D eigenvalue weighted by Gasteiger charge is 2.45. The quantitative estimate of drug-likeness (QED) is 0.573. The Balaban J connectivity index is 3.31. The molecule has 18 heavy (non-hydrogen) atoms.